The van der Waals surface area contributed by atoms with Gasteiger partial charge in [0.05, 0.1) is 21.4 Å². The van der Waals surface area contributed by atoms with E-state index in [2.05, 4.69) is 27.6 Å². The van der Waals surface area contributed by atoms with Crippen molar-refractivity contribution in [2.45, 2.75) is 0 Å². The molecule has 0 aliphatic carbocycles. The number of benzene rings is 2. The Morgan fingerprint density at radius 2 is 1.76 bits per heavy atom. The summed E-state index contributed by atoms with van der Waals surface area (Å²) >= 11 is 11.9. The van der Waals surface area contributed by atoms with E-state index >= 15 is 0 Å². The highest BCUT2D eigenvalue weighted by Gasteiger charge is 2.11. The van der Waals surface area contributed by atoms with Gasteiger partial charge in [0.15, 0.2) is 0 Å². The molecule has 3 aromatic rings. The zero-order valence-electron chi connectivity index (χ0n) is 13.0. The second kappa shape index (κ2) is 7.42. The summed E-state index contributed by atoms with van der Waals surface area (Å²) in [7, 11) is 0. The first kappa shape index (κ1) is 17.1. The number of aromatic nitrogens is 2. The predicted octanol–water partition coefficient (Wildman–Crippen LogP) is 4.29. The summed E-state index contributed by atoms with van der Waals surface area (Å²) in [6, 6.07) is 16.3. The fourth-order valence-electron chi connectivity index (χ4n) is 2.15. The Hall–Kier alpha value is -2.76. The lowest BCUT2D eigenvalue weighted by atomic mass is 10.1. The highest BCUT2D eigenvalue weighted by atomic mass is 35.5. The predicted molar refractivity (Wildman–Crippen MR) is 100 cm³/mol. The summed E-state index contributed by atoms with van der Waals surface area (Å²) in [6.07, 6.45) is 0. The smallest absolute Gasteiger partial charge is 0.287 e. The van der Waals surface area contributed by atoms with E-state index in [1.165, 1.54) is 0 Å². The second-order valence-electron chi connectivity index (χ2n) is 5.22. The van der Waals surface area contributed by atoms with Crippen molar-refractivity contribution in [2.24, 2.45) is 0 Å². The molecule has 0 aliphatic rings. The molecule has 1 heterocycles. The van der Waals surface area contributed by atoms with Crippen LogP contribution < -0.4 is 10.9 Å². The number of rotatable bonds is 5. The van der Waals surface area contributed by atoms with Gasteiger partial charge in [-0.25, -0.2) is 0 Å². The summed E-state index contributed by atoms with van der Waals surface area (Å²) in [5.41, 5.74) is 8.44. The van der Waals surface area contributed by atoms with E-state index in [1.54, 1.807) is 24.3 Å². The van der Waals surface area contributed by atoms with E-state index in [0.29, 0.717) is 32.7 Å². The second-order valence-corrected chi connectivity index (χ2v) is 6.03. The molecular formula is C18H14Cl2N4O. The monoisotopic (exact) mass is 372 g/mol. The van der Waals surface area contributed by atoms with Crippen molar-refractivity contribution in [1.29, 1.82) is 0 Å². The molecule has 126 valence electrons. The number of aromatic amines is 1. The molecule has 0 saturated heterocycles. The Morgan fingerprint density at radius 3 is 2.48 bits per heavy atom. The van der Waals surface area contributed by atoms with Crippen LogP contribution in [0.3, 0.4) is 0 Å². The molecule has 0 aliphatic heterocycles. The average molecular weight is 373 g/mol. The number of nitrogens with one attached hydrogen (secondary N) is 3. The highest BCUT2D eigenvalue weighted by Crippen LogP contribution is 2.24. The van der Waals surface area contributed by atoms with Crippen molar-refractivity contribution >= 4 is 34.8 Å². The van der Waals surface area contributed by atoms with Crippen LogP contribution in [-0.4, -0.2) is 16.1 Å². The van der Waals surface area contributed by atoms with Crippen LogP contribution in [0.15, 0.2) is 61.2 Å². The minimum atomic E-state index is -0.365. The van der Waals surface area contributed by atoms with Crippen LogP contribution in [0.4, 0.5) is 0 Å². The van der Waals surface area contributed by atoms with Gasteiger partial charge in [-0.05, 0) is 18.2 Å². The van der Waals surface area contributed by atoms with Gasteiger partial charge in [-0.2, -0.15) is 5.10 Å². The first-order chi connectivity index (χ1) is 12.0. The zero-order valence-corrected chi connectivity index (χ0v) is 14.5. The van der Waals surface area contributed by atoms with Gasteiger partial charge in [0, 0.05) is 11.1 Å². The third kappa shape index (κ3) is 4.02. The summed E-state index contributed by atoms with van der Waals surface area (Å²) in [5.74, 6) is -0.365. The molecule has 0 saturated carbocycles. The summed E-state index contributed by atoms with van der Waals surface area (Å²) in [4.78, 5) is 12.2. The van der Waals surface area contributed by atoms with Gasteiger partial charge in [0.1, 0.15) is 5.69 Å². The Morgan fingerprint density at radius 1 is 1.00 bits per heavy atom. The molecule has 0 spiro atoms. The number of hydrogen-bond donors (Lipinski definition) is 3. The van der Waals surface area contributed by atoms with E-state index in [4.69, 9.17) is 23.2 Å². The highest BCUT2D eigenvalue weighted by molar-refractivity contribution is 6.42. The van der Waals surface area contributed by atoms with Crippen molar-refractivity contribution in [3.8, 4) is 11.3 Å². The van der Waals surface area contributed by atoms with E-state index in [9.17, 15) is 4.79 Å². The molecule has 1 amide bonds. The average Bonchev–Trinajstić information content (AvgIpc) is 3.12. The van der Waals surface area contributed by atoms with Crippen LogP contribution in [-0.2, 0) is 0 Å². The topological polar surface area (TPSA) is 69.8 Å². The molecular weight excluding hydrogens is 359 g/mol. The Balaban J connectivity index is 1.64. The van der Waals surface area contributed by atoms with Crippen molar-refractivity contribution in [3.05, 3.63) is 82.5 Å². The SMILES string of the molecule is C=C(NNC(=O)c1cc(-c2ccccc2)n[nH]1)c1ccc(Cl)c(Cl)c1. The minimum absolute atomic E-state index is 0.327. The lowest BCUT2D eigenvalue weighted by molar-refractivity contribution is 0.0937. The van der Waals surface area contributed by atoms with E-state index in [-0.39, 0.29) is 5.91 Å². The molecule has 5 nitrogen and oxygen atoms in total. The third-order valence-electron chi connectivity index (χ3n) is 3.49. The van der Waals surface area contributed by atoms with Crippen LogP contribution in [0, 0.1) is 0 Å². The van der Waals surface area contributed by atoms with Gasteiger partial charge < -0.3 is 0 Å². The number of amides is 1. The molecule has 2 aromatic carbocycles. The third-order valence-corrected chi connectivity index (χ3v) is 4.23. The van der Waals surface area contributed by atoms with Crippen molar-refractivity contribution < 1.29 is 4.79 Å². The van der Waals surface area contributed by atoms with Crippen LogP contribution in [0.1, 0.15) is 16.1 Å². The Labute approximate surface area is 154 Å². The van der Waals surface area contributed by atoms with Gasteiger partial charge in [0.2, 0.25) is 0 Å². The van der Waals surface area contributed by atoms with Crippen LogP contribution >= 0.6 is 23.2 Å². The van der Waals surface area contributed by atoms with Gasteiger partial charge in [-0.15, -0.1) is 0 Å². The van der Waals surface area contributed by atoms with E-state index < -0.39 is 0 Å². The maximum atomic E-state index is 12.2. The number of carbonyl (C=O) groups is 1. The molecule has 3 rings (SSSR count). The zero-order chi connectivity index (χ0) is 17.8. The molecule has 0 fully saturated rings. The number of hydrogen-bond acceptors (Lipinski definition) is 3. The fourth-order valence-corrected chi connectivity index (χ4v) is 2.45. The lowest BCUT2D eigenvalue weighted by Gasteiger charge is -2.11. The molecule has 3 N–H and O–H groups in total. The molecule has 0 atom stereocenters. The number of carbonyl (C=O) groups excluding carboxylic acids is 1. The van der Waals surface area contributed by atoms with E-state index in [1.807, 2.05) is 30.3 Å². The first-order valence-corrected chi connectivity index (χ1v) is 8.11. The fraction of sp³-hybridized carbons (Fsp3) is 0. The van der Waals surface area contributed by atoms with Crippen molar-refractivity contribution in [1.82, 2.24) is 21.0 Å². The lowest BCUT2D eigenvalue weighted by Crippen LogP contribution is -2.36. The quantitative estimate of drug-likeness (QED) is 0.585. The molecule has 0 bridgehead atoms. The van der Waals surface area contributed by atoms with Gasteiger partial charge in [0.25, 0.3) is 5.91 Å². The van der Waals surface area contributed by atoms with Crippen LogP contribution in [0.5, 0.6) is 0 Å². The Kier molecular flexibility index (Phi) is 5.07. The van der Waals surface area contributed by atoms with Gasteiger partial charge >= 0.3 is 0 Å². The maximum Gasteiger partial charge on any atom is 0.287 e. The number of halogens is 2. The normalized spacial score (nSPS) is 10.3. The molecule has 0 unspecified atom stereocenters. The van der Waals surface area contributed by atoms with Crippen LogP contribution in [0.25, 0.3) is 17.0 Å². The van der Waals surface area contributed by atoms with Crippen LogP contribution in [0.2, 0.25) is 10.0 Å². The van der Waals surface area contributed by atoms with Gasteiger partial charge in [-0.1, -0.05) is 66.2 Å². The standard InChI is InChI=1S/C18H14Cl2N4O/c1-11(13-7-8-14(19)15(20)9-13)21-24-18(25)17-10-16(22-23-17)12-5-3-2-4-6-12/h2-10,21H,1H2,(H,22,23)(H,24,25). The summed E-state index contributed by atoms with van der Waals surface area (Å²) in [5, 5.41) is 7.72. The van der Waals surface area contributed by atoms with Crippen molar-refractivity contribution in [3.63, 3.8) is 0 Å². The molecule has 7 heteroatoms. The van der Waals surface area contributed by atoms with E-state index in [0.717, 1.165) is 5.56 Å². The van der Waals surface area contributed by atoms with Gasteiger partial charge in [-0.3, -0.25) is 20.7 Å². The molecule has 25 heavy (non-hydrogen) atoms. The first-order valence-electron chi connectivity index (χ1n) is 7.36. The molecule has 1 aromatic heterocycles. The Bertz CT molecular complexity index is 922. The number of nitrogens with zero attached hydrogens (tertiary/aromatic N) is 1. The minimum Gasteiger partial charge on any atom is -0.298 e. The number of H-pyrrole nitrogens is 1. The summed E-state index contributed by atoms with van der Waals surface area (Å²) < 4.78 is 0. The molecule has 0 radical (unpaired) electrons. The number of hydrazine groups is 1. The largest absolute Gasteiger partial charge is 0.298 e. The summed E-state index contributed by atoms with van der Waals surface area (Å²) in [6.45, 7) is 3.86. The van der Waals surface area contributed by atoms with Crippen molar-refractivity contribution in [2.75, 3.05) is 0 Å². The maximum absolute atomic E-state index is 12.2.